The highest BCUT2D eigenvalue weighted by atomic mass is 35.5. The minimum absolute atomic E-state index is 0. The third kappa shape index (κ3) is 6.89. The Morgan fingerprint density at radius 1 is 1.17 bits per heavy atom. The van der Waals surface area contributed by atoms with E-state index in [9.17, 15) is 4.79 Å². The molecule has 2 N–H and O–H groups in total. The predicted octanol–water partition coefficient (Wildman–Crippen LogP) is 3.76. The summed E-state index contributed by atoms with van der Waals surface area (Å²) in [6.07, 6.45) is 12.1. The molecular weight excluding hydrogens is 324 g/mol. The highest BCUT2D eigenvalue weighted by Crippen LogP contribution is 2.31. The van der Waals surface area contributed by atoms with Crippen LogP contribution < -0.4 is 5.73 Å². The number of nitrogens with zero attached hydrogens (tertiary/aromatic N) is 1. The number of halogens is 1. The van der Waals surface area contributed by atoms with Crippen LogP contribution in [0.25, 0.3) is 0 Å². The monoisotopic (exact) mass is 360 g/mol. The van der Waals surface area contributed by atoms with Crippen molar-refractivity contribution in [2.45, 2.75) is 77.2 Å². The lowest BCUT2D eigenvalue weighted by Gasteiger charge is -2.35. The summed E-state index contributed by atoms with van der Waals surface area (Å²) < 4.78 is 5.84. The van der Waals surface area contributed by atoms with Gasteiger partial charge in [-0.3, -0.25) is 4.79 Å². The van der Waals surface area contributed by atoms with Crippen molar-refractivity contribution in [2.75, 3.05) is 26.2 Å². The Kier molecular flexibility index (Phi) is 11.0. The van der Waals surface area contributed by atoms with Crippen molar-refractivity contribution >= 4 is 18.3 Å². The molecule has 2 fully saturated rings. The molecule has 1 aliphatic heterocycles. The quantitative estimate of drug-likeness (QED) is 0.670. The molecule has 0 radical (unpaired) electrons. The summed E-state index contributed by atoms with van der Waals surface area (Å²) in [4.78, 5) is 14.9. The molecule has 1 amide bonds. The van der Waals surface area contributed by atoms with E-state index in [1.165, 1.54) is 32.1 Å². The van der Waals surface area contributed by atoms with Gasteiger partial charge in [-0.1, -0.05) is 39.0 Å². The van der Waals surface area contributed by atoms with Crippen LogP contribution in [0.15, 0.2) is 0 Å². The summed E-state index contributed by atoms with van der Waals surface area (Å²) in [5.41, 5.74) is 5.50. The number of carbonyl (C=O) groups excluding carboxylic acids is 1. The number of nitrogens with two attached hydrogens (primary N) is 1. The van der Waals surface area contributed by atoms with E-state index in [1.54, 1.807) is 0 Å². The first kappa shape index (κ1) is 21.7. The lowest BCUT2D eigenvalue weighted by atomic mass is 9.81. The Labute approximate surface area is 154 Å². The van der Waals surface area contributed by atoms with E-state index in [4.69, 9.17) is 10.5 Å². The van der Waals surface area contributed by atoms with Gasteiger partial charge in [-0.15, -0.1) is 12.4 Å². The Morgan fingerprint density at radius 3 is 2.42 bits per heavy atom. The van der Waals surface area contributed by atoms with Crippen molar-refractivity contribution in [1.29, 1.82) is 0 Å². The van der Waals surface area contributed by atoms with Gasteiger partial charge in [-0.2, -0.15) is 0 Å². The van der Waals surface area contributed by atoms with E-state index in [-0.39, 0.29) is 18.3 Å². The van der Waals surface area contributed by atoms with Crippen LogP contribution in [0.4, 0.5) is 0 Å². The smallest absolute Gasteiger partial charge is 0.225 e. The van der Waals surface area contributed by atoms with E-state index in [0.29, 0.717) is 18.6 Å². The van der Waals surface area contributed by atoms with E-state index in [1.807, 2.05) is 0 Å². The molecule has 2 rings (SSSR count). The van der Waals surface area contributed by atoms with Gasteiger partial charge in [0, 0.05) is 25.6 Å². The molecule has 0 aromatic heterocycles. The summed E-state index contributed by atoms with van der Waals surface area (Å²) in [7, 11) is 0. The molecule has 1 heterocycles. The fourth-order valence-corrected chi connectivity index (χ4v) is 4.10. The third-order valence-electron chi connectivity index (χ3n) is 5.64. The van der Waals surface area contributed by atoms with Gasteiger partial charge >= 0.3 is 0 Å². The number of ether oxygens (including phenoxy) is 1. The topological polar surface area (TPSA) is 55.6 Å². The van der Waals surface area contributed by atoms with Crippen LogP contribution in [0.5, 0.6) is 0 Å². The van der Waals surface area contributed by atoms with E-state index < -0.39 is 0 Å². The van der Waals surface area contributed by atoms with Crippen LogP contribution in [0.3, 0.4) is 0 Å². The van der Waals surface area contributed by atoms with E-state index in [2.05, 4.69) is 11.8 Å². The van der Waals surface area contributed by atoms with Crippen LogP contribution in [0.1, 0.15) is 71.1 Å². The van der Waals surface area contributed by atoms with Crippen molar-refractivity contribution < 1.29 is 9.53 Å². The zero-order valence-electron chi connectivity index (χ0n) is 15.4. The molecule has 0 bridgehead atoms. The third-order valence-corrected chi connectivity index (χ3v) is 5.64. The van der Waals surface area contributed by atoms with Crippen LogP contribution in [-0.4, -0.2) is 43.2 Å². The molecule has 1 atom stereocenters. The van der Waals surface area contributed by atoms with Crippen LogP contribution in [0.2, 0.25) is 0 Å². The standard InChI is InChI=1S/C19H36N2O2.ClH/c1-2-17(15-16-7-4-3-5-8-16)19(22)21-12-9-18(10-13-21)23-14-6-11-20;/h16-18H,2-15,20H2,1H3;1H. The van der Waals surface area contributed by atoms with Gasteiger partial charge in [0.25, 0.3) is 0 Å². The summed E-state index contributed by atoms with van der Waals surface area (Å²) in [5.74, 6) is 1.43. The van der Waals surface area contributed by atoms with Gasteiger partial charge in [0.1, 0.15) is 0 Å². The van der Waals surface area contributed by atoms with Crippen molar-refractivity contribution in [3.05, 3.63) is 0 Å². The lowest BCUT2D eigenvalue weighted by molar-refractivity contribution is -0.139. The number of likely N-dealkylation sites (tertiary alicyclic amines) is 1. The maximum Gasteiger partial charge on any atom is 0.225 e. The number of hydrogen-bond donors (Lipinski definition) is 1. The molecule has 1 saturated carbocycles. The second-order valence-corrected chi connectivity index (χ2v) is 7.38. The van der Waals surface area contributed by atoms with Crippen LogP contribution in [-0.2, 0) is 9.53 Å². The average molecular weight is 361 g/mol. The van der Waals surface area contributed by atoms with Gasteiger partial charge < -0.3 is 15.4 Å². The summed E-state index contributed by atoms with van der Waals surface area (Å²) in [6.45, 7) is 5.36. The van der Waals surface area contributed by atoms with Gasteiger partial charge in [0.05, 0.1) is 6.10 Å². The Morgan fingerprint density at radius 2 is 1.83 bits per heavy atom. The Balaban J connectivity index is 0.00000288. The number of hydrogen-bond acceptors (Lipinski definition) is 3. The molecule has 1 aliphatic carbocycles. The summed E-state index contributed by atoms with van der Waals surface area (Å²) in [5, 5.41) is 0. The molecule has 2 aliphatic rings. The number of rotatable bonds is 8. The largest absolute Gasteiger partial charge is 0.378 e. The van der Waals surface area contributed by atoms with Gasteiger partial charge in [-0.05, 0) is 44.6 Å². The SMILES string of the molecule is CCC(CC1CCCCC1)C(=O)N1CCC(OCCCN)CC1.Cl. The molecule has 24 heavy (non-hydrogen) atoms. The molecule has 5 heteroatoms. The van der Waals surface area contributed by atoms with Gasteiger partial charge in [-0.25, -0.2) is 0 Å². The molecule has 0 aromatic carbocycles. The molecule has 4 nitrogen and oxygen atoms in total. The van der Waals surface area contributed by atoms with Crippen molar-refractivity contribution in [1.82, 2.24) is 4.90 Å². The molecular formula is C19H37ClN2O2. The van der Waals surface area contributed by atoms with E-state index in [0.717, 1.165) is 57.7 Å². The lowest BCUT2D eigenvalue weighted by Crippen LogP contribution is -2.44. The molecule has 0 spiro atoms. The molecule has 1 saturated heterocycles. The molecule has 142 valence electrons. The second kappa shape index (κ2) is 12.1. The van der Waals surface area contributed by atoms with Crippen molar-refractivity contribution in [3.8, 4) is 0 Å². The zero-order chi connectivity index (χ0) is 16.5. The number of amides is 1. The fourth-order valence-electron chi connectivity index (χ4n) is 4.10. The number of carbonyl (C=O) groups is 1. The average Bonchev–Trinajstić information content (AvgIpc) is 2.61. The van der Waals surface area contributed by atoms with E-state index >= 15 is 0 Å². The zero-order valence-corrected chi connectivity index (χ0v) is 16.2. The first-order valence-electron chi connectivity index (χ1n) is 9.85. The van der Waals surface area contributed by atoms with Crippen LogP contribution >= 0.6 is 12.4 Å². The first-order chi connectivity index (χ1) is 11.2. The van der Waals surface area contributed by atoms with Gasteiger partial charge in [0.15, 0.2) is 0 Å². The van der Waals surface area contributed by atoms with Gasteiger partial charge in [0.2, 0.25) is 5.91 Å². The predicted molar refractivity (Wildman–Crippen MR) is 101 cm³/mol. The fraction of sp³-hybridized carbons (Fsp3) is 0.947. The number of piperidine rings is 1. The van der Waals surface area contributed by atoms with Crippen molar-refractivity contribution in [2.24, 2.45) is 17.6 Å². The highest BCUT2D eigenvalue weighted by Gasteiger charge is 2.29. The van der Waals surface area contributed by atoms with Crippen molar-refractivity contribution in [3.63, 3.8) is 0 Å². The minimum atomic E-state index is 0. The minimum Gasteiger partial charge on any atom is -0.378 e. The highest BCUT2D eigenvalue weighted by molar-refractivity contribution is 5.85. The maximum atomic E-state index is 12.8. The van der Waals surface area contributed by atoms with Crippen LogP contribution in [0, 0.1) is 11.8 Å². The molecule has 0 aromatic rings. The summed E-state index contributed by atoms with van der Waals surface area (Å²) in [6, 6.07) is 0. The maximum absolute atomic E-state index is 12.8. The first-order valence-corrected chi connectivity index (χ1v) is 9.85. The normalized spacial score (nSPS) is 21.3. The Bertz CT molecular complexity index is 340. The summed E-state index contributed by atoms with van der Waals surface area (Å²) >= 11 is 0. The second-order valence-electron chi connectivity index (χ2n) is 7.38. The Hall–Kier alpha value is -0.320. The molecule has 1 unspecified atom stereocenters.